The van der Waals surface area contributed by atoms with Crippen molar-refractivity contribution in [1.82, 2.24) is 4.90 Å². The number of carbonyl (C=O) groups excluding carboxylic acids is 2. The van der Waals surface area contributed by atoms with Crippen LogP contribution in [-0.4, -0.2) is 46.7 Å². The van der Waals surface area contributed by atoms with Crippen LogP contribution < -0.4 is 5.32 Å². The minimum absolute atomic E-state index is 0.0908. The second kappa shape index (κ2) is 7.21. The van der Waals surface area contributed by atoms with E-state index in [1.54, 1.807) is 4.90 Å². The molecule has 0 radical (unpaired) electrons. The van der Waals surface area contributed by atoms with Crippen LogP contribution in [0.4, 0.5) is 18.9 Å². The molecule has 2 rings (SSSR count). The molecule has 0 spiro atoms. The number of benzene rings is 1. The first-order valence-electron chi connectivity index (χ1n) is 7.74. The van der Waals surface area contributed by atoms with Gasteiger partial charge < -0.3 is 15.3 Å². The first kappa shape index (κ1) is 19.5. The van der Waals surface area contributed by atoms with Crippen LogP contribution in [0.2, 0.25) is 5.02 Å². The SMILES string of the molecule is C[C@@](O)(C(=O)Nc1cccc(C(=O)N2CCCCC2)c1Cl)C(F)(F)F. The normalized spacial score (nSPS) is 17.8. The Morgan fingerprint density at radius 3 is 2.36 bits per heavy atom. The molecule has 1 aliphatic rings. The number of piperidine rings is 1. The Bertz CT molecular complexity index is 671. The molecule has 1 aliphatic heterocycles. The number of nitrogens with one attached hydrogen (secondary N) is 1. The summed E-state index contributed by atoms with van der Waals surface area (Å²) < 4.78 is 38.2. The summed E-state index contributed by atoms with van der Waals surface area (Å²) in [5.41, 5.74) is -3.66. The number of anilines is 1. The second-order valence-electron chi connectivity index (χ2n) is 6.04. The highest BCUT2D eigenvalue weighted by Crippen LogP contribution is 2.33. The third-order valence-electron chi connectivity index (χ3n) is 4.11. The average Bonchev–Trinajstić information content (AvgIpc) is 2.55. The van der Waals surface area contributed by atoms with Gasteiger partial charge in [-0.25, -0.2) is 0 Å². The summed E-state index contributed by atoms with van der Waals surface area (Å²) in [6.07, 6.45) is -2.38. The van der Waals surface area contributed by atoms with Crippen LogP contribution in [0.5, 0.6) is 0 Å². The molecule has 1 heterocycles. The number of halogens is 4. The number of likely N-dealkylation sites (tertiary alicyclic amines) is 1. The van der Waals surface area contributed by atoms with Gasteiger partial charge in [0, 0.05) is 13.1 Å². The lowest BCUT2D eigenvalue weighted by molar-refractivity contribution is -0.242. The summed E-state index contributed by atoms with van der Waals surface area (Å²) >= 11 is 6.11. The van der Waals surface area contributed by atoms with Crippen LogP contribution in [0.1, 0.15) is 36.5 Å². The molecule has 1 atom stereocenters. The zero-order valence-electron chi connectivity index (χ0n) is 13.5. The number of carbonyl (C=O) groups is 2. The highest BCUT2D eigenvalue weighted by atomic mass is 35.5. The Labute approximate surface area is 147 Å². The summed E-state index contributed by atoms with van der Waals surface area (Å²) in [7, 11) is 0. The standard InChI is InChI=1S/C16H18ClF3N2O3/c1-15(25,16(18,19)20)14(24)21-11-7-5-6-10(12(11)17)13(23)22-8-3-2-4-9-22/h5-7,25H,2-4,8-9H2,1H3,(H,21,24)/t15-/m1/s1. The number of alkyl halides is 3. The molecule has 0 bridgehead atoms. The molecule has 9 heteroatoms. The maximum Gasteiger partial charge on any atom is 0.426 e. The Morgan fingerprint density at radius 1 is 1.20 bits per heavy atom. The third kappa shape index (κ3) is 4.07. The van der Waals surface area contributed by atoms with Crippen LogP contribution in [0, 0.1) is 0 Å². The Kier molecular flexibility index (Phi) is 5.63. The van der Waals surface area contributed by atoms with Gasteiger partial charge in [-0.15, -0.1) is 0 Å². The quantitative estimate of drug-likeness (QED) is 0.848. The van der Waals surface area contributed by atoms with Gasteiger partial charge >= 0.3 is 6.18 Å². The van der Waals surface area contributed by atoms with Crippen LogP contribution in [0.25, 0.3) is 0 Å². The second-order valence-corrected chi connectivity index (χ2v) is 6.42. The van der Waals surface area contributed by atoms with Crippen LogP contribution in [0.15, 0.2) is 18.2 Å². The van der Waals surface area contributed by atoms with Gasteiger partial charge in [-0.05, 0) is 38.3 Å². The zero-order valence-corrected chi connectivity index (χ0v) is 14.2. The minimum Gasteiger partial charge on any atom is -0.373 e. The molecule has 1 aromatic rings. The molecular weight excluding hydrogens is 361 g/mol. The van der Waals surface area contributed by atoms with Gasteiger partial charge in [0.15, 0.2) is 0 Å². The Hall–Kier alpha value is -1.80. The molecule has 2 amide bonds. The predicted molar refractivity (Wildman–Crippen MR) is 86.5 cm³/mol. The van der Waals surface area contributed by atoms with Crippen molar-refractivity contribution in [2.75, 3.05) is 18.4 Å². The highest BCUT2D eigenvalue weighted by Gasteiger charge is 2.55. The number of hydrogen-bond donors (Lipinski definition) is 2. The first-order chi connectivity index (χ1) is 11.6. The zero-order chi connectivity index (χ0) is 18.8. The van der Waals surface area contributed by atoms with E-state index in [2.05, 4.69) is 0 Å². The smallest absolute Gasteiger partial charge is 0.373 e. The van der Waals surface area contributed by atoms with Gasteiger partial charge in [0.25, 0.3) is 11.8 Å². The van der Waals surface area contributed by atoms with Gasteiger partial charge in [0.2, 0.25) is 5.60 Å². The van der Waals surface area contributed by atoms with Crippen LogP contribution >= 0.6 is 11.6 Å². The topological polar surface area (TPSA) is 69.6 Å². The van der Waals surface area contributed by atoms with E-state index in [9.17, 15) is 27.9 Å². The van der Waals surface area contributed by atoms with E-state index in [1.807, 2.05) is 5.32 Å². The molecule has 5 nitrogen and oxygen atoms in total. The van der Waals surface area contributed by atoms with E-state index in [0.717, 1.165) is 19.3 Å². The number of rotatable bonds is 3. The molecule has 1 fully saturated rings. The van der Waals surface area contributed by atoms with Crippen molar-refractivity contribution in [2.24, 2.45) is 0 Å². The van der Waals surface area contributed by atoms with Crippen molar-refractivity contribution in [3.63, 3.8) is 0 Å². The van der Waals surface area contributed by atoms with E-state index in [4.69, 9.17) is 11.6 Å². The largest absolute Gasteiger partial charge is 0.426 e. The third-order valence-corrected chi connectivity index (χ3v) is 4.52. The number of hydrogen-bond acceptors (Lipinski definition) is 3. The minimum atomic E-state index is -5.15. The van der Waals surface area contributed by atoms with Crippen LogP contribution in [0.3, 0.4) is 0 Å². The number of nitrogens with zero attached hydrogens (tertiary/aromatic N) is 1. The van der Waals surface area contributed by atoms with Gasteiger partial charge in [-0.3, -0.25) is 9.59 Å². The van der Waals surface area contributed by atoms with Crippen molar-refractivity contribution in [1.29, 1.82) is 0 Å². The Balaban J connectivity index is 2.23. The molecule has 0 unspecified atom stereocenters. The molecule has 0 aliphatic carbocycles. The molecule has 0 saturated carbocycles. The van der Waals surface area contributed by atoms with Crippen molar-refractivity contribution >= 4 is 29.1 Å². The van der Waals surface area contributed by atoms with Gasteiger partial charge in [0.05, 0.1) is 16.3 Å². The number of aliphatic hydroxyl groups is 1. The van der Waals surface area contributed by atoms with Gasteiger partial charge in [-0.2, -0.15) is 13.2 Å². The van der Waals surface area contributed by atoms with Crippen LogP contribution in [-0.2, 0) is 4.79 Å². The molecule has 25 heavy (non-hydrogen) atoms. The maximum atomic E-state index is 12.7. The lowest BCUT2D eigenvalue weighted by Gasteiger charge is -2.28. The Morgan fingerprint density at radius 2 is 1.80 bits per heavy atom. The van der Waals surface area contributed by atoms with Gasteiger partial charge in [-0.1, -0.05) is 17.7 Å². The van der Waals surface area contributed by atoms with Crippen molar-refractivity contribution in [3.8, 4) is 0 Å². The van der Waals surface area contributed by atoms with E-state index in [1.165, 1.54) is 18.2 Å². The van der Waals surface area contributed by atoms with E-state index < -0.39 is 17.7 Å². The fraction of sp³-hybridized carbons (Fsp3) is 0.500. The monoisotopic (exact) mass is 378 g/mol. The summed E-state index contributed by atoms with van der Waals surface area (Å²) in [4.78, 5) is 25.9. The van der Waals surface area contributed by atoms with E-state index in [-0.39, 0.29) is 22.2 Å². The summed E-state index contributed by atoms with van der Waals surface area (Å²) in [5, 5.41) is 11.2. The summed E-state index contributed by atoms with van der Waals surface area (Å²) in [6.45, 7) is 1.50. The maximum absolute atomic E-state index is 12.7. The van der Waals surface area contributed by atoms with Crippen molar-refractivity contribution in [3.05, 3.63) is 28.8 Å². The van der Waals surface area contributed by atoms with E-state index in [0.29, 0.717) is 20.0 Å². The molecular formula is C16H18ClF3N2O3. The molecule has 1 aromatic carbocycles. The summed E-state index contributed by atoms with van der Waals surface area (Å²) in [6, 6.07) is 4.11. The predicted octanol–water partition coefficient (Wildman–Crippen LogP) is 3.22. The lowest BCUT2D eigenvalue weighted by Crippen LogP contribution is -2.52. The fourth-order valence-electron chi connectivity index (χ4n) is 2.43. The molecule has 1 saturated heterocycles. The molecule has 2 N–H and O–H groups in total. The fourth-order valence-corrected chi connectivity index (χ4v) is 2.69. The van der Waals surface area contributed by atoms with Crippen molar-refractivity contribution in [2.45, 2.75) is 38.0 Å². The lowest BCUT2D eigenvalue weighted by atomic mass is 10.0. The average molecular weight is 379 g/mol. The van der Waals surface area contributed by atoms with Crippen molar-refractivity contribution < 1.29 is 27.9 Å². The molecule has 138 valence electrons. The molecule has 0 aromatic heterocycles. The summed E-state index contributed by atoms with van der Waals surface area (Å²) in [5.74, 6) is -2.02. The van der Waals surface area contributed by atoms with Gasteiger partial charge in [0.1, 0.15) is 0 Å². The first-order valence-corrected chi connectivity index (χ1v) is 8.12. The number of amides is 2. The highest BCUT2D eigenvalue weighted by molar-refractivity contribution is 6.37. The van der Waals surface area contributed by atoms with E-state index >= 15 is 0 Å².